The summed E-state index contributed by atoms with van der Waals surface area (Å²) in [4.78, 5) is 29.3. The number of nitrogens with zero attached hydrogens (tertiary/aromatic N) is 5. The van der Waals surface area contributed by atoms with Gasteiger partial charge in [0.2, 0.25) is 11.9 Å². The fourth-order valence-corrected chi connectivity index (χ4v) is 3.38. The highest BCUT2D eigenvalue weighted by atomic mass is 16.5. The summed E-state index contributed by atoms with van der Waals surface area (Å²) in [6.45, 7) is 3.75. The number of amides is 1. The van der Waals surface area contributed by atoms with E-state index in [0.29, 0.717) is 56.8 Å². The van der Waals surface area contributed by atoms with Crippen LogP contribution in [-0.4, -0.2) is 63.9 Å². The number of methoxy groups -OCH3 is 1. The molecule has 0 radical (unpaired) electrons. The normalized spacial score (nSPS) is 14.4. The van der Waals surface area contributed by atoms with Crippen LogP contribution in [0.2, 0.25) is 0 Å². The maximum Gasteiger partial charge on any atom is 0.289 e. The molecule has 1 fully saturated rings. The van der Waals surface area contributed by atoms with Crippen molar-refractivity contribution >= 4 is 17.8 Å². The highest BCUT2D eigenvalue weighted by Crippen LogP contribution is 2.14. The number of hydrogen-bond acceptors (Lipinski definition) is 9. The molecule has 1 saturated heterocycles. The van der Waals surface area contributed by atoms with Crippen molar-refractivity contribution in [3.8, 4) is 5.75 Å². The summed E-state index contributed by atoms with van der Waals surface area (Å²) in [5.74, 6) is 2.29. The van der Waals surface area contributed by atoms with Crippen LogP contribution in [-0.2, 0) is 13.1 Å². The number of anilines is 2. The molecule has 1 aromatic carbocycles. The lowest BCUT2D eigenvalue weighted by molar-refractivity contribution is 0.0595. The molecule has 31 heavy (non-hydrogen) atoms. The van der Waals surface area contributed by atoms with Crippen LogP contribution in [0, 0.1) is 0 Å². The van der Waals surface area contributed by atoms with Gasteiger partial charge in [-0.2, -0.15) is 15.0 Å². The van der Waals surface area contributed by atoms with Crippen molar-refractivity contribution in [3.63, 3.8) is 0 Å². The molecule has 0 saturated carbocycles. The van der Waals surface area contributed by atoms with Crippen molar-refractivity contribution < 1.29 is 13.9 Å². The molecule has 0 aliphatic carbocycles. The second kappa shape index (κ2) is 9.43. The Bertz CT molecular complexity index is 1000. The van der Waals surface area contributed by atoms with Gasteiger partial charge < -0.3 is 25.1 Å². The molecule has 3 N–H and O–H groups in total. The van der Waals surface area contributed by atoms with Crippen molar-refractivity contribution in [2.24, 2.45) is 0 Å². The predicted molar refractivity (Wildman–Crippen MR) is 114 cm³/mol. The molecule has 4 rings (SSSR count). The quantitative estimate of drug-likeness (QED) is 0.583. The Labute approximate surface area is 180 Å². The molecular formula is C21H25N7O3. The standard InChI is InChI=1S/C21H25N7O3/c1-30-16-6-4-15(5-7-16)13-23-21-25-18(24-20(22)26-21)14-27-8-10-28(11-9-27)19(29)17-3-2-12-31-17/h2-7,12H,8-11,13-14H2,1H3,(H3,22,23,24,25,26). The minimum absolute atomic E-state index is 0.0842. The van der Waals surface area contributed by atoms with E-state index in [4.69, 9.17) is 14.9 Å². The SMILES string of the molecule is COc1ccc(CNc2nc(N)nc(CN3CCN(C(=O)c4ccco4)CC3)n2)cc1. The molecule has 10 nitrogen and oxygen atoms in total. The van der Waals surface area contributed by atoms with Gasteiger partial charge in [-0.15, -0.1) is 0 Å². The Morgan fingerprint density at radius 1 is 1.13 bits per heavy atom. The summed E-state index contributed by atoms with van der Waals surface area (Å²) in [7, 11) is 1.64. The molecule has 3 aromatic rings. The Kier molecular flexibility index (Phi) is 6.27. The number of aromatic nitrogens is 3. The lowest BCUT2D eigenvalue weighted by Crippen LogP contribution is -2.48. The summed E-state index contributed by atoms with van der Waals surface area (Å²) in [6.07, 6.45) is 1.51. The smallest absolute Gasteiger partial charge is 0.289 e. The molecule has 1 aliphatic rings. The van der Waals surface area contributed by atoms with Crippen molar-refractivity contribution in [1.29, 1.82) is 0 Å². The van der Waals surface area contributed by atoms with E-state index in [-0.39, 0.29) is 11.9 Å². The largest absolute Gasteiger partial charge is 0.497 e. The van der Waals surface area contributed by atoms with E-state index in [2.05, 4.69) is 25.2 Å². The third kappa shape index (κ3) is 5.28. The van der Waals surface area contributed by atoms with Crippen LogP contribution in [0.25, 0.3) is 0 Å². The molecule has 2 aromatic heterocycles. The summed E-state index contributed by atoms with van der Waals surface area (Å²) in [5.41, 5.74) is 6.96. The molecule has 1 aliphatic heterocycles. The summed E-state index contributed by atoms with van der Waals surface area (Å²) < 4.78 is 10.4. The number of carbonyl (C=O) groups excluding carboxylic acids is 1. The zero-order valence-corrected chi connectivity index (χ0v) is 17.3. The molecule has 0 atom stereocenters. The van der Waals surface area contributed by atoms with Crippen molar-refractivity contribution in [2.75, 3.05) is 44.3 Å². The second-order valence-electron chi connectivity index (χ2n) is 7.18. The number of furan rings is 1. The Hall–Kier alpha value is -3.66. The average Bonchev–Trinajstić information content (AvgIpc) is 3.33. The first-order valence-corrected chi connectivity index (χ1v) is 10.0. The average molecular weight is 423 g/mol. The van der Waals surface area contributed by atoms with E-state index >= 15 is 0 Å². The Morgan fingerprint density at radius 3 is 2.58 bits per heavy atom. The number of benzene rings is 1. The zero-order chi connectivity index (χ0) is 21.6. The number of nitrogen functional groups attached to an aromatic ring is 1. The number of ether oxygens (including phenoxy) is 1. The molecule has 3 heterocycles. The molecular weight excluding hydrogens is 398 g/mol. The van der Waals surface area contributed by atoms with Gasteiger partial charge in [-0.25, -0.2) is 0 Å². The first-order chi connectivity index (χ1) is 15.1. The highest BCUT2D eigenvalue weighted by Gasteiger charge is 2.24. The molecule has 162 valence electrons. The second-order valence-corrected chi connectivity index (χ2v) is 7.18. The van der Waals surface area contributed by atoms with Crippen molar-refractivity contribution in [3.05, 3.63) is 59.8 Å². The molecule has 1 amide bonds. The first-order valence-electron chi connectivity index (χ1n) is 10.0. The molecule has 0 bridgehead atoms. The van der Waals surface area contributed by atoms with Gasteiger partial charge in [0.05, 0.1) is 19.9 Å². The highest BCUT2D eigenvalue weighted by molar-refractivity contribution is 5.91. The summed E-state index contributed by atoms with van der Waals surface area (Å²) in [6, 6.07) is 11.2. The van der Waals surface area contributed by atoms with E-state index in [1.165, 1.54) is 6.26 Å². The van der Waals surface area contributed by atoms with Crippen molar-refractivity contribution in [2.45, 2.75) is 13.1 Å². The van der Waals surface area contributed by atoms with Crippen LogP contribution >= 0.6 is 0 Å². The van der Waals surface area contributed by atoms with Gasteiger partial charge in [-0.3, -0.25) is 9.69 Å². The Balaban J connectivity index is 1.31. The van der Waals surface area contributed by atoms with Gasteiger partial charge in [0.1, 0.15) is 11.6 Å². The van der Waals surface area contributed by atoms with Gasteiger partial charge in [0.25, 0.3) is 5.91 Å². The molecule has 0 spiro atoms. The third-order valence-corrected chi connectivity index (χ3v) is 5.07. The number of nitrogens with two attached hydrogens (primary N) is 1. The van der Waals surface area contributed by atoms with Gasteiger partial charge in [-0.05, 0) is 29.8 Å². The van der Waals surface area contributed by atoms with E-state index in [9.17, 15) is 4.79 Å². The Morgan fingerprint density at radius 2 is 1.90 bits per heavy atom. The monoisotopic (exact) mass is 423 g/mol. The van der Waals surface area contributed by atoms with Crippen molar-refractivity contribution in [1.82, 2.24) is 24.8 Å². The van der Waals surface area contributed by atoms with Gasteiger partial charge in [0.15, 0.2) is 5.76 Å². The van der Waals surface area contributed by atoms with E-state index in [1.54, 1.807) is 24.1 Å². The predicted octanol–water partition coefficient (Wildman–Crippen LogP) is 1.63. The van der Waals surface area contributed by atoms with Crippen LogP contribution in [0.1, 0.15) is 21.9 Å². The molecule has 10 heteroatoms. The zero-order valence-electron chi connectivity index (χ0n) is 17.3. The number of piperazine rings is 1. The van der Waals surface area contributed by atoms with Crippen LogP contribution in [0.5, 0.6) is 5.75 Å². The first kappa shape index (κ1) is 20.6. The fourth-order valence-electron chi connectivity index (χ4n) is 3.38. The number of nitrogens with one attached hydrogen (secondary N) is 1. The lowest BCUT2D eigenvalue weighted by atomic mass is 10.2. The van der Waals surface area contributed by atoms with Crippen LogP contribution in [0.4, 0.5) is 11.9 Å². The topological polar surface area (TPSA) is 123 Å². The lowest BCUT2D eigenvalue weighted by Gasteiger charge is -2.33. The number of hydrogen-bond donors (Lipinski definition) is 2. The fraction of sp³-hybridized carbons (Fsp3) is 0.333. The van der Waals surface area contributed by atoms with Gasteiger partial charge in [-0.1, -0.05) is 12.1 Å². The minimum atomic E-state index is -0.0842. The van der Waals surface area contributed by atoms with Crippen LogP contribution in [0.3, 0.4) is 0 Å². The third-order valence-electron chi connectivity index (χ3n) is 5.07. The summed E-state index contributed by atoms with van der Waals surface area (Å²) >= 11 is 0. The number of carbonyl (C=O) groups is 1. The molecule has 0 unspecified atom stereocenters. The summed E-state index contributed by atoms with van der Waals surface area (Å²) in [5, 5.41) is 3.19. The maximum atomic E-state index is 12.4. The van der Waals surface area contributed by atoms with E-state index < -0.39 is 0 Å². The van der Waals surface area contributed by atoms with Crippen LogP contribution < -0.4 is 15.8 Å². The van der Waals surface area contributed by atoms with Gasteiger partial charge in [0, 0.05) is 32.7 Å². The van der Waals surface area contributed by atoms with Gasteiger partial charge >= 0.3 is 0 Å². The number of rotatable bonds is 7. The van der Waals surface area contributed by atoms with E-state index in [0.717, 1.165) is 11.3 Å². The van der Waals surface area contributed by atoms with E-state index in [1.807, 2.05) is 24.3 Å². The maximum absolute atomic E-state index is 12.4. The minimum Gasteiger partial charge on any atom is -0.497 e. The van der Waals surface area contributed by atoms with Crippen LogP contribution in [0.15, 0.2) is 47.1 Å².